The minimum absolute atomic E-state index is 0.0939. The molecule has 25 heavy (non-hydrogen) atoms. The van der Waals surface area contributed by atoms with E-state index in [1.807, 2.05) is 0 Å². The topological polar surface area (TPSA) is 79.2 Å². The van der Waals surface area contributed by atoms with Gasteiger partial charge in [-0.1, -0.05) is 51.2 Å². The Balaban J connectivity index is 1.95. The quantitative estimate of drug-likeness (QED) is 0.310. The molecule has 0 aliphatic carbocycles. The average Bonchev–Trinajstić information content (AvgIpc) is 2.95. The van der Waals surface area contributed by atoms with Gasteiger partial charge in [-0.15, -0.1) is 0 Å². The fourth-order valence-electron chi connectivity index (χ4n) is 3.08. The molecule has 4 atom stereocenters. The highest BCUT2D eigenvalue weighted by atomic mass is 16.6. The lowest BCUT2D eigenvalue weighted by atomic mass is 10.1. The predicted molar refractivity (Wildman–Crippen MR) is 99.6 cm³/mol. The highest BCUT2D eigenvalue weighted by Gasteiger charge is 2.40. The molecule has 0 radical (unpaired) electrons. The molecule has 1 aliphatic heterocycles. The van der Waals surface area contributed by atoms with Crippen molar-refractivity contribution in [1.29, 1.82) is 0 Å². The minimum atomic E-state index is -0.982. The molecular weight excluding hydrogens is 320 g/mol. The molecule has 3 N–H and O–H groups in total. The maximum atomic E-state index is 9.79. The molecule has 0 amide bonds. The third-order valence-electron chi connectivity index (χ3n) is 4.72. The van der Waals surface area contributed by atoms with Crippen LogP contribution in [0.15, 0.2) is 12.2 Å². The van der Waals surface area contributed by atoms with Gasteiger partial charge in [0, 0.05) is 6.61 Å². The van der Waals surface area contributed by atoms with Gasteiger partial charge in [0.2, 0.25) is 0 Å². The Morgan fingerprint density at radius 3 is 2.20 bits per heavy atom. The molecule has 5 nitrogen and oxygen atoms in total. The fraction of sp³-hybridized carbons (Fsp3) is 0.900. The molecule has 5 heteroatoms. The summed E-state index contributed by atoms with van der Waals surface area (Å²) >= 11 is 0. The summed E-state index contributed by atoms with van der Waals surface area (Å²) in [5.41, 5.74) is 0. The van der Waals surface area contributed by atoms with Gasteiger partial charge in [-0.2, -0.15) is 0 Å². The lowest BCUT2D eigenvalue weighted by Gasteiger charge is -2.24. The fourth-order valence-corrected chi connectivity index (χ4v) is 3.08. The Morgan fingerprint density at radius 2 is 1.64 bits per heavy atom. The van der Waals surface area contributed by atoms with Crippen LogP contribution in [0, 0.1) is 0 Å². The van der Waals surface area contributed by atoms with Gasteiger partial charge in [-0.25, -0.2) is 0 Å². The van der Waals surface area contributed by atoms with Crippen LogP contribution in [0.4, 0.5) is 0 Å². The molecular formula is C20H38O5. The summed E-state index contributed by atoms with van der Waals surface area (Å²) in [6.07, 6.45) is 13.6. The van der Waals surface area contributed by atoms with Crippen molar-refractivity contribution >= 4 is 0 Å². The number of allylic oxidation sites excluding steroid dienone is 2. The van der Waals surface area contributed by atoms with Crippen molar-refractivity contribution in [3.8, 4) is 0 Å². The molecule has 1 heterocycles. The maximum absolute atomic E-state index is 9.79. The first kappa shape index (κ1) is 22.6. The molecule has 1 fully saturated rings. The van der Waals surface area contributed by atoms with Crippen LogP contribution in [0.25, 0.3) is 0 Å². The molecule has 0 aromatic heterocycles. The summed E-state index contributed by atoms with van der Waals surface area (Å²) in [4.78, 5) is 0. The number of unbranched alkanes of at least 4 members (excludes halogenated alkanes) is 8. The van der Waals surface area contributed by atoms with Gasteiger partial charge >= 0.3 is 0 Å². The van der Waals surface area contributed by atoms with Gasteiger partial charge in [0.05, 0.1) is 13.2 Å². The van der Waals surface area contributed by atoms with Crippen molar-refractivity contribution in [3.63, 3.8) is 0 Å². The Kier molecular flexibility index (Phi) is 13.3. The summed E-state index contributed by atoms with van der Waals surface area (Å²) in [6, 6.07) is 0. The molecule has 0 aromatic rings. The van der Waals surface area contributed by atoms with Crippen LogP contribution in [0.1, 0.15) is 71.1 Å². The minimum Gasteiger partial charge on any atom is -0.394 e. The molecule has 0 spiro atoms. The Bertz CT molecular complexity index is 334. The second-order valence-corrected chi connectivity index (χ2v) is 6.97. The predicted octanol–water partition coefficient (Wildman–Crippen LogP) is 2.96. The van der Waals surface area contributed by atoms with E-state index in [0.29, 0.717) is 6.61 Å². The highest BCUT2D eigenvalue weighted by Crippen LogP contribution is 2.19. The van der Waals surface area contributed by atoms with E-state index in [-0.39, 0.29) is 13.2 Å². The van der Waals surface area contributed by atoms with Crippen molar-refractivity contribution in [2.45, 2.75) is 95.5 Å². The summed E-state index contributed by atoms with van der Waals surface area (Å²) in [7, 11) is 0. The van der Waals surface area contributed by atoms with Crippen LogP contribution in [0.5, 0.6) is 0 Å². The van der Waals surface area contributed by atoms with Crippen LogP contribution in [0.3, 0.4) is 0 Å². The SMILES string of the molecule is CCCCCCC/C=C/CCCCCO[C@H](CO)[C@H]1OC[C@H](O)[C@H]1O. The maximum Gasteiger partial charge on any atom is 0.114 e. The molecule has 0 bridgehead atoms. The normalized spacial score (nSPS) is 25.0. The molecule has 1 aliphatic rings. The van der Waals surface area contributed by atoms with E-state index >= 15 is 0 Å². The number of ether oxygens (including phenoxy) is 2. The first-order valence-electron chi connectivity index (χ1n) is 10.1. The first-order valence-corrected chi connectivity index (χ1v) is 10.1. The van der Waals surface area contributed by atoms with Crippen molar-refractivity contribution in [2.75, 3.05) is 19.8 Å². The van der Waals surface area contributed by atoms with E-state index in [1.54, 1.807) is 0 Å². The van der Waals surface area contributed by atoms with Crippen molar-refractivity contribution < 1.29 is 24.8 Å². The largest absolute Gasteiger partial charge is 0.394 e. The van der Waals surface area contributed by atoms with Gasteiger partial charge in [-0.3, -0.25) is 0 Å². The molecule has 0 aromatic carbocycles. The summed E-state index contributed by atoms with van der Waals surface area (Å²) < 4.78 is 10.9. The van der Waals surface area contributed by atoms with Crippen LogP contribution < -0.4 is 0 Å². The lowest BCUT2D eigenvalue weighted by Crippen LogP contribution is -2.42. The summed E-state index contributed by atoms with van der Waals surface area (Å²) in [5, 5.41) is 28.6. The lowest BCUT2D eigenvalue weighted by molar-refractivity contribution is -0.101. The van der Waals surface area contributed by atoms with Crippen LogP contribution in [-0.4, -0.2) is 59.6 Å². The third-order valence-corrected chi connectivity index (χ3v) is 4.72. The first-order chi connectivity index (χ1) is 12.2. The number of rotatable bonds is 15. The highest BCUT2D eigenvalue weighted by molar-refractivity contribution is 4.88. The van der Waals surface area contributed by atoms with Gasteiger partial charge in [0.15, 0.2) is 0 Å². The van der Waals surface area contributed by atoms with Crippen molar-refractivity contribution in [1.82, 2.24) is 0 Å². The summed E-state index contributed by atoms with van der Waals surface area (Å²) in [6.45, 7) is 2.66. The van der Waals surface area contributed by atoms with Gasteiger partial charge < -0.3 is 24.8 Å². The Hall–Kier alpha value is -0.460. The zero-order chi connectivity index (χ0) is 18.3. The summed E-state index contributed by atoms with van der Waals surface area (Å²) in [5.74, 6) is 0. The van der Waals surface area contributed by atoms with Gasteiger partial charge in [0.25, 0.3) is 0 Å². The van der Waals surface area contributed by atoms with Gasteiger partial charge in [0.1, 0.15) is 24.4 Å². The second kappa shape index (κ2) is 14.7. The van der Waals surface area contributed by atoms with E-state index in [9.17, 15) is 15.3 Å². The van der Waals surface area contributed by atoms with Crippen LogP contribution >= 0.6 is 0 Å². The van der Waals surface area contributed by atoms with Crippen LogP contribution in [-0.2, 0) is 9.47 Å². The smallest absolute Gasteiger partial charge is 0.114 e. The molecule has 0 unspecified atom stereocenters. The van der Waals surface area contributed by atoms with Crippen molar-refractivity contribution in [2.24, 2.45) is 0 Å². The van der Waals surface area contributed by atoms with E-state index in [1.165, 1.54) is 38.5 Å². The zero-order valence-corrected chi connectivity index (χ0v) is 15.8. The van der Waals surface area contributed by atoms with E-state index < -0.39 is 24.4 Å². The van der Waals surface area contributed by atoms with Crippen molar-refractivity contribution in [3.05, 3.63) is 12.2 Å². The number of aliphatic hydroxyl groups excluding tert-OH is 3. The Labute approximate surface area is 153 Å². The van der Waals surface area contributed by atoms with E-state index in [2.05, 4.69) is 19.1 Å². The molecule has 148 valence electrons. The standard InChI is InChI=1S/C20H38O5/c1-2-3-4-5-6-7-8-9-10-11-12-13-14-24-18(15-21)20-19(23)17(22)16-25-20/h8-9,17-23H,2-7,10-16H2,1H3/b9-8+/t17-,18+,19+,20+/m0/s1. The van der Waals surface area contributed by atoms with Crippen LogP contribution in [0.2, 0.25) is 0 Å². The number of hydrogen-bond donors (Lipinski definition) is 3. The number of hydrogen-bond acceptors (Lipinski definition) is 5. The average molecular weight is 359 g/mol. The molecule has 1 saturated heterocycles. The third kappa shape index (κ3) is 9.71. The Morgan fingerprint density at radius 1 is 1.00 bits per heavy atom. The molecule has 0 saturated carbocycles. The second-order valence-electron chi connectivity index (χ2n) is 6.97. The number of aliphatic hydroxyl groups is 3. The zero-order valence-electron chi connectivity index (χ0n) is 15.8. The van der Waals surface area contributed by atoms with Gasteiger partial charge in [-0.05, 0) is 32.1 Å². The molecule has 1 rings (SSSR count). The van der Waals surface area contributed by atoms with E-state index in [4.69, 9.17) is 9.47 Å². The monoisotopic (exact) mass is 358 g/mol. The van der Waals surface area contributed by atoms with E-state index in [0.717, 1.165) is 25.7 Å².